The summed E-state index contributed by atoms with van der Waals surface area (Å²) in [6, 6.07) is 4.63. The molecule has 0 aliphatic heterocycles. The molecule has 0 bridgehead atoms. The molecule has 1 fully saturated rings. The third-order valence-electron chi connectivity index (χ3n) is 3.83. The number of aliphatic hydroxyl groups is 1. The second kappa shape index (κ2) is 6.02. The van der Waals surface area contributed by atoms with Gasteiger partial charge in [-0.05, 0) is 47.0 Å². The summed E-state index contributed by atoms with van der Waals surface area (Å²) in [6.45, 7) is 0.965. The van der Waals surface area contributed by atoms with Crippen molar-refractivity contribution in [1.29, 1.82) is 0 Å². The van der Waals surface area contributed by atoms with E-state index in [0.29, 0.717) is 0 Å². The normalized spacial score (nSPS) is 18.6. The Morgan fingerprint density at radius 1 is 1.28 bits per heavy atom. The van der Waals surface area contributed by atoms with Crippen LogP contribution in [0.5, 0.6) is 0 Å². The Morgan fingerprint density at radius 2 is 2.00 bits per heavy atom. The Bertz CT molecular complexity index is 405. The van der Waals surface area contributed by atoms with E-state index in [1.807, 2.05) is 0 Å². The minimum absolute atomic E-state index is 0.00786. The summed E-state index contributed by atoms with van der Waals surface area (Å²) in [4.78, 5) is 0. The van der Waals surface area contributed by atoms with Gasteiger partial charge in [-0.2, -0.15) is 0 Å². The van der Waals surface area contributed by atoms with E-state index in [2.05, 4.69) is 21.2 Å². The highest BCUT2D eigenvalue weighted by atomic mass is 79.9. The number of rotatable bonds is 4. The van der Waals surface area contributed by atoms with E-state index in [4.69, 9.17) is 0 Å². The van der Waals surface area contributed by atoms with Crippen molar-refractivity contribution < 1.29 is 9.50 Å². The standard InChI is InChI=1S/C14H19BrFNO/c15-12-8-11(16)4-5-13(12)17-9-14(10-18)6-2-1-3-7-14/h4-5,8,17-18H,1-3,6-7,9-10H2. The van der Waals surface area contributed by atoms with Gasteiger partial charge >= 0.3 is 0 Å². The third kappa shape index (κ3) is 3.23. The molecule has 0 aromatic heterocycles. The van der Waals surface area contributed by atoms with Gasteiger partial charge in [-0.15, -0.1) is 0 Å². The van der Waals surface area contributed by atoms with Crippen LogP contribution in [0, 0.1) is 11.2 Å². The van der Waals surface area contributed by atoms with E-state index in [1.165, 1.54) is 31.4 Å². The summed E-state index contributed by atoms with van der Waals surface area (Å²) in [5, 5.41) is 12.9. The van der Waals surface area contributed by atoms with Crippen LogP contribution < -0.4 is 5.32 Å². The number of nitrogens with one attached hydrogen (secondary N) is 1. The van der Waals surface area contributed by atoms with Gasteiger partial charge in [0, 0.05) is 22.1 Å². The van der Waals surface area contributed by atoms with Crippen LogP contribution in [-0.2, 0) is 0 Å². The number of halogens is 2. The molecule has 4 heteroatoms. The molecule has 1 aliphatic carbocycles. The lowest BCUT2D eigenvalue weighted by molar-refractivity contribution is 0.0944. The van der Waals surface area contributed by atoms with Gasteiger partial charge < -0.3 is 10.4 Å². The fourth-order valence-corrected chi connectivity index (χ4v) is 3.10. The molecule has 0 spiro atoms. The minimum atomic E-state index is -0.248. The first-order chi connectivity index (χ1) is 8.65. The number of hydrogen-bond acceptors (Lipinski definition) is 2. The van der Waals surface area contributed by atoms with Crippen molar-refractivity contribution in [3.8, 4) is 0 Å². The van der Waals surface area contributed by atoms with Gasteiger partial charge in [0.1, 0.15) is 5.82 Å². The molecule has 1 aliphatic rings. The molecule has 1 aromatic rings. The molecule has 100 valence electrons. The number of hydrogen-bond donors (Lipinski definition) is 2. The van der Waals surface area contributed by atoms with E-state index >= 15 is 0 Å². The third-order valence-corrected chi connectivity index (χ3v) is 4.49. The predicted octanol–water partition coefficient (Wildman–Crippen LogP) is 3.94. The molecule has 0 atom stereocenters. The summed E-state index contributed by atoms with van der Waals surface area (Å²) in [7, 11) is 0. The average molecular weight is 316 g/mol. The Kier molecular flexibility index (Phi) is 4.62. The second-order valence-electron chi connectivity index (χ2n) is 5.20. The van der Waals surface area contributed by atoms with Crippen LogP contribution >= 0.6 is 15.9 Å². The smallest absolute Gasteiger partial charge is 0.124 e. The lowest BCUT2D eigenvalue weighted by Crippen LogP contribution is -2.35. The van der Waals surface area contributed by atoms with Crippen LogP contribution in [-0.4, -0.2) is 18.3 Å². The molecule has 1 saturated carbocycles. The van der Waals surface area contributed by atoms with Crippen LogP contribution in [0.4, 0.5) is 10.1 Å². The Balaban J connectivity index is 2.01. The summed E-state index contributed by atoms with van der Waals surface area (Å²) in [6.07, 6.45) is 5.77. The summed E-state index contributed by atoms with van der Waals surface area (Å²) in [5.41, 5.74) is 0.876. The zero-order valence-electron chi connectivity index (χ0n) is 10.4. The van der Waals surface area contributed by atoms with Crippen molar-refractivity contribution in [3.63, 3.8) is 0 Å². The number of benzene rings is 1. The molecule has 2 N–H and O–H groups in total. The van der Waals surface area contributed by atoms with E-state index in [-0.39, 0.29) is 17.8 Å². The van der Waals surface area contributed by atoms with Gasteiger partial charge in [0.25, 0.3) is 0 Å². The second-order valence-corrected chi connectivity index (χ2v) is 6.05. The zero-order valence-corrected chi connectivity index (χ0v) is 12.0. The van der Waals surface area contributed by atoms with Crippen LogP contribution in [0.25, 0.3) is 0 Å². The van der Waals surface area contributed by atoms with Crippen LogP contribution in [0.15, 0.2) is 22.7 Å². The predicted molar refractivity (Wildman–Crippen MR) is 75.2 cm³/mol. The molecule has 0 unspecified atom stereocenters. The maximum absolute atomic E-state index is 13.0. The highest BCUT2D eigenvalue weighted by molar-refractivity contribution is 9.10. The molecule has 18 heavy (non-hydrogen) atoms. The summed E-state index contributed by atoms with van der Waals surface area (Å²) in [5.74, 6) is -0.248. The fraction of sp³-hybridized carbons (Fsp3) is 0.571. The first-order valence-electron chi connectivity index (χ1n) is 6.45. The van der Waals surface area contributed by atoms with Crippen molar-refractivity contribution in [2.45, 2.75) is 32.1 Å². The minimum Gasteiger partial charge on any atom is -0.396 e. The highest BCUT2D eigenvalue weighted by Crippen LogP contribution is 2.36. The molecule has 1 aromatic carbocycles. The highest BCUT2D eigenvalue weighted by Gasteiger charge is 2.31. The molecule has 2 rings (SSSR count). The van der Waals surface area contributed by atoms with Crippen LogP contribution in [0.3, 0.4) is 0 Å². The molecular formula is C14H19BrFNO. The van der Waals surface area contributed by atoms with E-state index in [9.17, 15) is 9.50 Å². The first kappa shape index (κ1) is 13.8. The van der Waals surface area contributed by atoms with Gasteiger partial charge in [-0.1, -0.05) is 19.3 Å². The van der Waals surface area contributed by atoms with Crippen molar-refractivity contribution >= 4 is 21.6 Å². The molecule has 0 heterocycles. The molecule has 0 saturated heterocycles. The maximum atomic E-state index is 13.0. The van der Waals surface area contributed by atoms with Gasteiger partial charge in [0.05, 0.1) is 6.61 Å². The molecular weight excluding hydrogens is 297 g/mol. The van der Waals surface area contributed by atoms with Crippen molar-refractivity contribution in [3.05, 3.63) is 28.5 Å². The molecule has 0 amide bonds. The van der Waals surface area contributed by atoms with Crippen LogP contribution in [0.2, 0.25) is 0 Å². The van der Waals surface area contributed by atoms with Gasteiger partial charge in [0.2, 0.25) is 0 Å². The SMILES string of the molecule is OCC1(CNc2ccc(F)cc2Br)CCCCC1. The first-order valence-corrected chi connectivity index (χ1v) is 7.24. The topological polar surface area (TPSA) is 32.3 Å². The number of aliphatic hydroxyl groups excluding tert-OH is 1. The summed E-state index contributed by atoms with van der Waals surface area (Å²) < 4.78 is 13.7. The molecule has 0 radical (unpaired) electrons. The molecule has 2 nitrogen and oxygen atoms in total. The van der Waals surface area contributed by atoms with E-state index < -0.39 is 0 Å². The zero-order chi connectivity index (χ0) is 13.0. The van der Waals surface area contributed by atoms with E-state index in [0.717, 1.165) is 29.5 Å². The lowest BCUT2D eigenvalue weighted by atomic mass is 9.74. The largest absolute Gasteiger partial charge is 0.396 e. The quantitative estimate of drug-likeness (QED) is 0.882. The Labute approximate surface area is 116 Å². The van der Waals surface area contributed by atoms with Gasteiger partial charge in [0.15, 0.2) is 0 Å². The Hall–Kier alpha value is -0.610. The van der Waals surface area contributed by atoms with Crippen molar-refractivity contribution in [1.82, 2.24) is 0 Å². The maximum Gasteiger partial charge on any atom is 0.124 e. The lowest BCUT2D eigenvalue weighted by Gasteiger charge is -2.36. The van der Waals surface area contributed by atoms with Gasteiger partial charge in [-0.3, -0.25) is 0 Å². The van der Waals surface area contributed by atoms with E-state index in [1.54, 1.807) is 6.07 Å². The van der Waals surface area contributed by atoms with Crippen LogP contribution in [0.1, 0.15) is 32.1 Å². The van der Waals surface area contributed by atoms with Gasteiger partial charge in [-0.25, -0.2) is 4.39 Å². The average Bonchev–Trinajstić information content (AvgIpc) is 2.39. The van der Waals surface area contributed by atoms with Crippen molar-refractivity contribution in [2.24, 2.45) is 5.41 Å². The monoisotopic (exact) mass is 315 g/mol. The number of anilines is 1. The Morgan fingerprint density at radius 3 is 2.61 bits per heavy atom. The van der Waals surface area contributed by atoms with Crippen molar-refractivity contribution in [2.75, 3.05) is 18.5 Å². The summed E-state index contributed by atoms with van der Waals surface area (Å²) >= 11 is 3.35. The fourth-order valence-electron chi connectivity index (χ4n) is 2.61.